The second-order valence-electron chi connectivity index (χ2n) is 5.82. The minimum atomic E-state index is -0.141. The zero-order valence-electron chi connectivity index (χ0n) is 15.1. The average Bonchev–Trinajstić information content (AvgIpc) is 3.12. The van der Waals surface area contributed by atoms with Crippen LogP contribution in [0.1, 0.15) is 11.1 Å². The summed E-state index contributed by atoms with van der Waals surface area (Å²) in [6, 6.07) is 11.0. The molecule has 27 heavy (non-hydrogen) atoms. The van der Waals surface area contributed by atoms with Gasteiger partial charge in [-0.05, 0) is 43.2 Å². The van der Waals surface area contributed by atoms with E-state index in [1.165, 1.54) is 11.8 Å². The van der Waals surface area contributed by atoms with Gasteiger partial charge in [-0.25, -0.2) is 0 Å². The molecule has 6 nitrogen and oxygen atoms in total. The predicted octanol–water partition coefficient (Wildman–Crippen LogP) is 4.75. The van der Waals surface area contributed by atoms with Gasteiger partial charge in [0.05, 0.1) is 18.4 Å². The van der Waals surface area contributed by atoms with Crippen molar-refractivity contribution in [3.8, 4) is 17.2 Å². The molecule has 0 aliphatic carbocycles. The van der Waals surface area contributed by atoms with Gasteiger partial charge in [0.2, 0.25) is 5.91 Å². The zero-order chi connectivity index (χ0) is 19.4. The number of nitrogens with zero attached hydrogens (tertiary/aromatic N) is 2. The number of para-hydroxylation sites is 1. The van der Waals surface area contributed by atoms with Crippen molar-refractivity contribution in [2.24, 2.45) is 0 Å². The molecule has 0 unspecified atom stereocenters. The van der Waals surface area contributed by atoms with Crippen LogP contribution in [0.4, 0.5) is 5.69 Å². The number of hydrogen-bond acceptors (Lipinski definition) is 6. The van der Waals surface area contributed by atoms with Gasteiger partial charge in [0, 0.05) is 10.7 Å². The third-order valence-electron chi connectivity index (χ3n) is 3.87. The molecule has 0 bridgehead atoms. The van der Waals surface area contributed by atoms with E-state index in [9.17, 15) is 4.79 Å². The summed E-state index contributed by atoms with van der Waals surface area (Å²) in [7, 11) is 1.55. The lowest BCUT2D eigenvalue weighted by atomic mass is 10.1. The largest absolute Gasteiger partial charge is 0.496 e. The fourth-order valence-corrected chi connectivity index (χ4v) is 3.27. The maximum Gasteiger partial charge on any atom is 0.277 e. The van der Waals surface area contributed by atoms with Gasteiger partial charge in [-0.2, -0.15) is 0 Å². The highest BCUT2D eigenvalue weighted by atomic mass is 35.5. The maximum atomic E-state index is 12.3. The topological polar surface area (TPSA) is 77.2 Å². The van der Waals surface area contributed by atoms with Crippen LogP contribution in [0.3, 0.4) is 0 Å². The van der Waals surface area contributed by atoms with Crippen LogP contribution in [0.2, 0.25) is 5.02 Å². The van der Waals surface area contributed by atoms with Crippen molar-refractivity contribution in [1.29, 1.82) is 0 Å². The van der Waals surface area contributed by atoms with E-state index < -0.39 is 0 Å². The number of aromatic nitrogens is 2. The highest BCUT2D eigenvalue weighted by Gasteiger charge is 2.16. The van der Waals surface area contributed by atoms with Crippen molar-refractivity contribution in [3.05, 3.63) is 52.5 Å². The summed E-state index contributed by atoms with van der Waals surface area (Å²) in [4.78, 5) is 12.3. The van der Waals surface area contributed by atoms with Gasteiger partial charge >= 0.3 is 0 Å². The minimum Gasteiger partial charge on any atom is -0.496 e. The van der Waals surface area contributed by atoms with Gasteiger partial charge in [-0.1, -0.05) is 41.6 Å². The molecule has 3 aromatic rings. The summed E-state index contributed by atoms with van der Waals surface area (Å²) in [6.07, 6.45) is 0. The van der Waals surface area contributed by atoms with Gasteiger partial charge < -0.3 is 14.5 Å². The third kappa shape index (κ3) is 4.61. The van der Waals surface area contributed by atoms with Crippen LogP contribution in [0.15, 0.2) is 46.0 Å². The number of halogens is 1. The third-order valence-corrected chi connectivity index (χ3v) is 4.92. The lowest BCUT2D eigenvalue weighted by Crippen LogP contribution is -2.15. The number of ether oxygens (including phenoxy) is 1. The normalized spacial score (nSPS) is 10.7. The molecule has 140 valence electrons. The van der Waals surface area contributed by atoms with E-state index in [0.717, 1.165) is 16.8 Å². The monoisotopic (exact) mass is 403 g/mol. The van der Waals surface area contributed by atoms with E-state index in [1.54, 1.807) is 25.3 Å². The molecule has 0 spiro atoms. The molecule has 8 heteroatoms. The van der Waals surface area contributed by atoms with E-state index in [2.05, 4.69) is 15.5 Å². The summed E-state index contributed by atoms with van der Waals surface area (Å²) >= 11 is 7.20. The number of rotatable bonds is 6. The summed E-state index contributed by atoms with van der Waals surface area (Å²) in [5.41, 5.74) is 3.46. The number of aryl methyl sites for hydroxylation is 2. The Kier molecular flexibility index (Phi) is 6.03. The van der Waals surface area contributed by atoms with Gasteiger partial charge in [0.1, 0.15) is 5.75 Å². The quantitative estimate of drug-likeness (QED) is 0.598. The highest BCUT2D eigenvalue weighted by Crippen LogP contribution is 2.33. The van der Waals surface area contributed by atoms with E-state index in [1.807, 2.05) is 32.0 Å². The predicted molar refractivity (Wildman–Crippen MR) is 107 cm³/mol. The number of amides is 1. The van der Waals surface area contributed by atoms with Crippen LogP contribution in [0, 0.1) is 13.8 Å². The van der Waals surface area contributed by atoms with E-state index in [4.69, 9.17) is 20.8 Å². The van der Waals surface area contributed by atoms with Gasteiger partial charge in [-0.3, -0.25) is 4.79 Å². The van der Waals surface area contributed by atoms with E-state index in [-0.39, 0.29) is 17.6 Å². The van der Waals surface area contributed by atoms with Crippen molar-refractivity contribution in [2.45, 2.75) is 19.1 Å². The van der Waals surface area contributed by atoms with Gasteiger partial charge in [0.15, 0.2) is 0 Å². The summed E-state index contributed by atoms with van der Waals surface area (Å²) < 4.78 is 10.9. The lowest BCUT2D eigenvalue weighted by molar-refractivity contribution is -0.113. The number of thioether (sulfide) groups is 1. The number of carbonyl (C=O) groups excluding carboxylic acids is 1. The Balaban J connectivity index is 1.66. The first-order valence-electron chi connectivity index (χ1n) is 8.14. The Bertz CT molecular complexity index is 954. The zero-order valence-corrected chi connectivity index (χ0v) is 16.6. The first-order chi connectivity index (χ1) is 13.0. The molecule has 0 aliphatic rings. The van der Waals surface area contributed by atoms with Crippen molar-refractivity contribution < 1.29 is 13.9 Å². The first kappa shape index (κ1) is 19.3. The fraction of sp³-hybridized carbons (Fsp3) is 0.211. The van der Waals surface area contributed by atoms with Crippen LogP contribution in [-0.4, -0.2) is 29.0 Å². The molecular weight excluding hydrogens is 386 g/mol. The molecule has 0 radical (unpaired) electrons. The molecule has 0 aliphatic heterocycles. The van der Waals surface area contributed by atoms with Gasteiger partial charge in [-0.15, -0.1) is 10.2 Å². The second-order valence-corrected chi connectivity index (χ2v) is 7.18. The van der Waals surface area contributed by atoms with Crippen molar-refractivity contribution >= 4 is 35.0 Å². The van der Waals surface area contributed by atoms with Gasteiger partial charge in [0.25, 0.3) is 11.1 Å². The molecular formula is C19H18ClN3O3S. The van der Waals surface area contributed by atoms with E-state index >= 15 is 0 Å². The molecule has 2 aromatic carbocycles. The Labute approximate surface area is 166 Å². The van der Waals surface area contributed by atoms with E-state index in [0.29, 0.717) is 21.6 Å². The van der Waals surface area contributed by atoms with Crippen LogP contribution < -0.4 is 10.1 Å². The number of hydrogen-bond donors (Lipinski definition) is 1. The number of methoxy groups -OCH3 is 1. The lowest BCUT2D eigenvalue weighted by Gasteiger charge is -2.10. The summed E-state index contributed by atoms with van der Waals surface area (Å²) in [6.45, 7) is 3.91. The van der Waals surface area contributed by atoms with Crippen LogP contribution in [0.25, 0.3) is 11.5 Å². The number of benzene rings is 2. The fourth-order valence-electron chi connectivity index (χ4n) is 2.54. The Morgan fingerprint density at radius 3 is 2.67 bits per heavy atom. The van der Waals surface area contributed by atoms with Crippen LogP contribution in [0.5, 0.6) is 5.75 Å². The molecule has 1 heterocycles. The summed E-state index contributed by atoms with van der Waals surface area (Å²) in [5.74, 6) is 0.874. The molecule has 1 amide bonds. The molecule has 1 aromatic heterocycles. The Morgan fingerprint density at radius 1 is 1.22 bits per heavy atom. The van der Waals surface area contributed by atoms with Crippen molar-refractivity contribution in [3.63, 3.8) is 0 Å². The van der Waals surface area contributed by atoms with Crippen molar-refractivity contribution in [2.75, 3.05) is 18.2 Å². The minimum absolute atomic E-state index is 0.141. The first-order valence-corrected chi connectivity index (χ1v) is 9.50. The SMILES string of the molecule is COc1ccc(Cl)cc1-c1nnc(SCC(=O)Nc2c(C)cccc2C)o1. The second kappa shape index (κ2) is 8.45. The Morgan fingerprint density at radius 2 is 1.96 bits per heavy atom. The highest BCUT2D eigenvalue weighted by molar-refractivity contribution is 7.99. The molecule has 0 saturated carbocycles. The smallest absolute Gasteiger partial charge is 0.277 e. The molecule has 0 saturated heterocycles. The standard InChI is InChI=1S/C19H18ClN3O3S/c1-11-5-4-6-12(2)17(11)21-16(24)10-27-19-23-22-18(26-19)14-9-13(20)7-8-15(14)25-3/h4-9H,10H2,1-3H3,(H,21,24). The van der Waals surface area contributed by atoms with Crippen LogP contribution >= 0.6 is 23.4 Å². The molecule has 1 N–H and O–H groups in total. The molecule has 0 fully saturated rings. The number of carbonyl (C=O) groups is 1. The Hall–Kier alpha value is -2.51. The maximum absolute atomic E-state index is 12.3. The average molecular weight is 404 g/mol. The van der Waals surface area contributed by atoms with Crippen LogP contribution in [-0.2, 0) is 4.79 Å². The number of anilines is 1. The van der Waals surface area contributed by atoms with Crippen molar-refractivity contribution in [1.82, 2.24) is 10.2 Å². The molecule has 3 rings (SSSR count). The molecule has 0 atom stereocenters. The summed E-state index contributed by atoms with van der Waals surface area (Å²) in [5, 5.41) is 11.8. The number of nitrogens with one attached hydrogen (secondary N) is 1.